The summed E-state index contributed by atoms with van der Waals surface area (Å²) in [5.41, 5.74) is 0.946. The summed E-state index contributed by atoms with van der Waals surface area (Å²) in [7, 11) is 0. The van der Waals surface area contributed by atoms with Crippen LogP contribution in [0.25, 0.3) is 0 Å². The van der Waals surface area contributed by atoms with Crippen LogP contribution in [0, 0.1) is 0 Å². The van der Waals surface area contributed by atoms with E-state index in [2.05, 4.69) is 10.6 Å². The lowest BCUT2D eigenvalue weighted by Gasteiger charge is -2.14. The highest BCUT2D eigenvalue weighted by molar-refractivity contribution is 6.30. The molecule has 0 fully saturated rings. The average molecular weight is 297 g/mol. The topological polar surface area (TPSA) is 58.2 Å². The summed E-state index contributed by atoms with van der Waals surface area (Å²) >= 11 is 5.91. The Morgan fingerprint density at radius 2 is 1.95 bits per heavy atom. The van der Waals surface area contributed by atoms with Crippen LogP contribution in [0.4, 0.5) is 0 Å². The molecule has 0 spiro atoms. The molecule has 1 aromatic rings. The fraction of sp³-hybridized carbons (Fsp3) is 0.467. The van der Waals surface area contributed by atoms with Crippen molar-refractivity contribution < 1.29 is 9.59 Å². The van der Waals surface area contributed by atoms with Gasteiger partial charge < -0.3 is 10.6 Å². The lowest BCUT2D eigenvalue weighted by atomic mass is 10.1. The number of carbonyl (C=O) groups is 2. The zero-order valence-electron chi connectivity index (χ0n) is 11.9. The lowest BCUT2D eigenvalue weighted by molar-refractivity contribution is -0.126. The summed E-state index contributed by atoms with van der Waals surface area (Å²) in [5, 5.41) is 6.24. The van der Waals surface area contributed by atoms with Gasteiger partial charge in [-0.05, 0) is 31.0 Å². The molecule has 1 rings (SSSR count). The molecule has 0 saturated carbocycles. The van der Waals surface area contributed by atoms with Crippen LogP contribution in [0.3, 0.4) is 0 Å². The molecule has 1 atom stereocenters. The van der Waals surface area contributed by atoms with Crippen LogP contribution in [0.5, 0.6) is 0 Å². The molecule has 110 valence electrons. The van der Waals surface area contributed by atoms with Gasteiger partial charge in [0.15, 0.2) is 0 Å². The van der Waals surface area contributed by atoms with Gasteiger partial charge in [-0.3, -0.25) is 9.59 Å². The Kier molecular flexibility index (Phi) is 7.09. The highest BCUT2D eigenvalue weighted by Gasteiger charge is 2.11. The maximum absolute atomic E-state index is 11.8. The number of benzene rings is 1. The number of rotatable bonds is 7. The molecule has 0 radical (unpaired) electrons. The molecule has 5 heteroatoms. The monoisotopic (exact) mass is 296 g/mol. The summed E-state index contributed by atoms with van der Waals surface area (Å²) in [6.45, 7) is 4.53. The summed E-state index contributed by atoms with van der Waals surface area (Å²) in [6.07, 6.45) is 1.30. The van der Waals surface area contributed by atoms with E-state index >= 15 is 0 Å². The van der Waals surface area contributed by atoms with E-state index in [-0.39, 0.29) is 30.7 Å². The quantitative estimate of drug-likeness (QED) is 0.813. The molecule has 0 aliphatic heterocycles. The molecule has 20 heavy (non-hydrogen) atoms. The third kappa shape index (κ3) is 6.06. The Balaban J connectivity index is 2.36. The number of halogens is 1. The van der Waals surface area contributed by atoms with Crippen LogP contribution in [0.2, 0.25) is 5.02 Å². The van der Waals surface area contributed by atoms with Gasteiger partial charge in [0.25, 0.3) is 0 Å². The fourth-order valence-corrected chi connectivity index (χ4v) is 1.95. The van der Waals surface area contributed by atoms with Crippen LogP contribution >= 0.6 is 11.6 Å². The number of carbonyl (C=O) groups excluding carboxylic acids is 2. The molecule has 2 N–H and O–H groups in total. The van der Waals surface area contributed by atoms with E-state index in [4.69, 9.17) is 11.6 Å². The van der Waals surface area contributed by atoms with Crippen molar-refractivity contribution in [1.29, 1.82) is 0 Å². The number of nitrogens with one attached hydrogen (secondary N) is 2. The Morgan fingerprint density at radius 1 is 1.25 bits per heavy atom. The third-order valence-corrected chi connectivity index (χ3v) is 3.11. The van der Waals surface area contributed by atoms with Crippen molar-refractivity contribution in [3.8, 4) is 0 Å². The maximum Gasteiger partial charge on any atom is 0.220 e. The first kappa shape index (κ1) is 16.5. The van der Waals surface area contributed by atoms with Gasteiger partial charge in [-0.1, -0.05) is 30.7 Å². The van der Waals surface area contributed by atoms with Crippen molar-refractivity contribution >= 4 is 23.4 Å². The van der Waals surface area contributed by atoms with Gasteiger partial charge in [0.1, 0.15) is 0 Å². The average Bonchev–Trinajstić information content (AvgIpc) is 2.42. The molecule has 4 nitrogen and oxygen atoms in total. The highest BCUT2D eigenvalue weighted by atomic mass is 35.5. The first-order valence-electron chi connectivity index (χ1n) is 6.84. The molecule has 1 aromatic carbocycles. The fourth-order valence-electron chi connectivity index (χ4n) is 1.75. The Labute approximate surface area is 124 Å². The maximum atomic E-state index is 11.8. The molecule has 0 aliphatic carbocycles. The van der Waals surface area contributed by atoms with Gasteiger partial charge in [-0.25, -0.2) is 0 Å². The van der Waals surface area contributed by atoms with Crippen LogP contribution in [-0.2, 0) is 9.59 Å². The normalized spacial score (nSPS) is 11.8. The molecular formula is C15H21ClN2O2. The van der Waals surface area contributed by atoms with Crippen molar-refractivity contribution in [2.75, 3.05) is 6.54 Å². The van der Waals surface area contributed by atoms with Crippen LogP contribution in [-0.4, -0.2) is 18.4 Å². The zero-order chi connectivity index (χ0) is 15.0. The number of hydrogen-bond acceptors (Lipinski definition) is 2. The minimum atomic E-state index is -0.135. The Morgan fingerprint density at radius 3 is 2.60 bits per heavy atom. The van der Waals surface area contributed by atoms with Crippen molar-refractivity contribution in [2.45, 2.75) is 39.2 Å². The van der Waals surface area contributed by atoms with E-state index in [1.54, 1.807) is 6.07 Å². The molecule has 0 saturated heterocycles. The predicted octanol–water partition coefficient (Wildman–Crippen LogP) is 2.82. The Bertz CT molecular complexity index is 463. The summed E-state index contributed by atoms with van der Waals surface area (Å²) < 4.78 is 0. The minimum absolute atomic E-state index is 0.0857. The van der Waals surface area contributed by atoms with Crippen LogP contribution < -0.4 is 10.6 Å². The van der Waals surface area contributed by atoms with Crippen LogP contribution in [0.1, 0.15) is 44.7 Å². The minimum Gasteiger partial charge on any atom is -0.356 e. The third-order valence-electron chi connectivity index (χ3n) is 2.88. The molecule has 0 aliphatic rings. The van der Waals surface area contributed by atoms with E-state index in [0.29, 0.717) is 11.6 Å². The molecular weight excluding hydrogens is 276 g/mol. The number of hydrogen-bond donors (Lipinski definition) is 2. The number of amides is 2. The summed E-state index contributed by atoms with van der Waals surface area (Å²) in [5.74, 6) is -0.221. The summed E-state index contributed by atoms with van der Waals surface area (Å²) in [6, 6.07) is 7.24. The smallest absolute Gasteiger partial charge is 0.220 e. The van der Waals surface area contributed by atoms with Gasteiger partial charge in [0, 0.05) is 24.4 Å². The molecule has 0 aromatic heterocycles. The van der Waals surface area contributed by atoms with Crippen molar-refractivity contribution in [2.24, 2.45) is 0 Å². The van der Waals surface area contributed by atoms with Gasteiger partial charge in [-0.15, -0.1) is 0 Å². The SMILES string of the molecule is CCCNC(=O)CCC(=O)NC(C)c1cccc(Cl)c1. The second kappa shape index (κ2) is 8.59. The van der Waals surface area contributed by atoms with E-state index in [0.717, 1.165) is 12.0 Å². The van der Waals surface area contributed by atoms with E-state index in [1.165, 1.54) is 0 Å². The predicted molar refractivity (Wildman–Crippen MR) is 80.5 cm³/mol. The van der Waals surface area contributed by atoms with Crippen molar-refractivity contribution in [3.63, 3.8) is 0 Å². The van der Waals surface area contributed by atoms with Gasteiger partial charge in [0.05, 0.1) is 6.04 Å². The van der Waals surface area contributed by atoms with Crippen molar-refractivity contribution in [1.82, 2.24) is 10.6 Å². The lowest BCUT2D eigenvalue weighted by Crippen LogP contribution is -2.29. The van der Waals surface area contributed by atoms with E-state index < -0.39 is 0 Å². The van der Waals surface area contributed by atoms with Gasteiger partial charge in [-0.2, -0.15) is 0 Å². The second-order valence-corrected chi connectivity index (χ2v) is 5.13. The molecule has 0 bridgehead atoms. The Hall–Kier alpha value is -1.55. The van der Waals surface area contributed by atoms with Gasteiger partial charge in [0.2, 0.25) is 11.8 Å². The summed E-state index contributed by atoms with van der Waals surface area (Å²) in [4.78, 5) is 23.2. The van der Waals surface area contributed by atoms with Gasteiger partial charge >= 0.3 is 0 Å². The standard InChI is InChI=1S/C15H21ClN2O2/c1-3-9-17-14(19)7-8-15(20)18-11(2)12-5-4-6-13(16)10-12/h4-6,10-11H,3,7-9H2,1-2H3,(H,17,19)(H,18,20). The highest BCUT2D eigenvalue weighted by Crippen LogP contribution is 2.17. The zero-order valence-corrected chi connectivity index (χ0v) is 12.7. The largest absolute Gasteiger partial charge is 0.356 e. The van der Waals surface area contributed by atoms with Crippen molar-refractivity contribution in [3.05, 3.63) is 34.9 Å². The van der Waals surface area contributed by atoms with Crippen LogP contribution in [0.15, 0.2) is 24.3 Å². The first-order valence-corrected chi connectivity index (χ1v) is 7.22. The van der Waals surface area contributed by atoms with E-state index in [9.17, 15) is 9.59 Å². The second-order valence-electron chi connectivity index (χ2n) is 4.69. The molecule has 0 heterocycles. The van der Waals surface area contributed by atoms with E-state index in [1.807, 2.05) is 32.0 Å². The first-order chi connectivity index (χ1) is 9.52. The molecule has 1 unspecified atom stereocenters. The molecule has 2 amide bonds.